The van der Waals surface area contributed by atoms with Crippen molar-refractivity contribution in [2.45, 2.75) is 18.9 Å². The Morgan fingerprint density at radius 3 is 2.83 bits per heavy atom. The van der Waals surface area contributed by atoms with Gasteiger partial charge in [-0.25, -0.2) is 0 Å². The predicted molar refractivity (Wildman–Crippen MR) is 72.3 cm³/mol. The van der Waals surface area contributed by atoms with Crippen LogP contribution >= 0.6 is 15.9 Å². The first-order chi connectivity index (χ1) is 8.66. The number of hydrogen-bond acceptors (Lipinski definition) is 2. The van der Waals surface area contributed by atoms with Crippen LogP contribution in [0.15, 0.2) is 28.7 Å². The smallest absolute Gasteiger partial charge is 0.325 e. The first-order valence-corrected chi connectivity index (χ1v) is 7.17. The van der Waals surface area contributed by atoms with Gasteiger partial charge in [0, 0.05) is 11.0 Å². The van der Waals surface area contributed by atoms with Crippen LogP contribution in [0.3, 0.4) is 0 Å². The molecule has 0 spiro atoms. The summed E-state index contributed by atoms with van der Waals surface area (Å²) >= 11 is 3.47. The SMILES string of the molecule is O=C(O)C(c1ccccc1Br)N1CCC2CC2C1. The number of hydrogen-bond donors (Lipinski definition) is 1. The van der Waals surface area contributed by atoms with Crippen LogP contribution in [-0.2, 0) is 4.79 Å². The van der Waals surface area contributed by atoms with E-state index in [2.05, 4.69) is 20.8 Å². The van der Waals surface area contributed by atoms with Gasteiger partial charge in [0.15, 0.2) is 0 Å². The van der Waals surface area contributed by atoms with Gasteiger partial charge in [-0.2, -0.15) is 0 Å². The van der Waals surface area contributed by atoms with E-state index in [0.717, 1.165) is 41.4 Å². The van der Waals surface area contributed by atoms with E-state index in [1.165, 1.54) is 6.42 Å². The number of piperidine rings is 1. The van der Waals surface area contributed by atoms with Gasteiger partial charge in [0.05, 0.1) is 0 Å². The lowest BCUT2D eigenvalue weighted by Gasteiger charge is -2.32. The van der Waals surface area contributed by atoms with Crippen molar-refractivity contribution in [3.63, 3.8) is 0 Å². The zero-order chi connectivity index (χ0) is 12.7. The van der Waals surface area contributed by atoms with Gasteiger partial charge in [-0.1, -0.05) is 34.1 Å². The van der Waals surface area contributed by atoms with Gasteiger partial charge in [-0.3, -0.25) is 9.69 Å². The summed E-state index contributed by atoms with van der Waals surface area (Å²) in [7, 11) is 0. The Morgan fingerprint density at radius 1 is 1.39 bits per heavy atom. The van der Waals surface area contributed by atoms with E-state index in [1.54, 1.807) is 0 Å². The Morgan fingerprint density at radius 2 is 2.17 bits per heavy atom. The molecular weight excluding hydrogens is 294 g/mol. The number of rotatable bonds is 3. The third-order valence-corrected chi connectivity index (χ3v) is 4.85. The number of nitrogens with zero attached hydrogens (tertiary/aromatic N) is 1. The molecule has 1 aromatic rings. The van der Waals surface area contributed by atoms with Gasteiger partial charge < -0.3 is 5.11 Å². The summed E-state index contributed by atoms with van der Waals surface area (Å²) < 4.78 is 0.885. The Balaban J connectivity index is 1.88. The predicted octanol–water partition coefficient (Wildman–Crippen LogP) is 2.92. The van der Waals surface area contributed by atoms with E-state index < -0.39 is 12.0 Å². The van der Waals surface area contributed by atoms with Crippen LogP contribution in [0.2, 0.25) is 0 Å². The lowest BCUT2D eigenvalue weighted by molar-refractivity contribution is -0.144. The fourth-order valence-electron chi connectivity index (χ4n) is 3.03. The zero-order valence-electron chi connectivity index (χ0n) is 10.1. The van der Waals surface area contributed by atoms with Crippen molar-refractivity contribution in [1.29, 1.82) is 0 Å². The maximum atomic E-state index is 11.6. The van der Waals surface area contributed by atoms with Gasteiger partial charge in [-0.05, 0) is 42.9 Å². The Kier molecular flexibility index (Phi) is 3.16. The van der Waals surface area contributed by atoms with Crippen LogP contribution in [0.5, 0.6) is 0 Å². The highest BCUT2D eigenvalue weighted by atomic mass is 79.9. The number of aliphatic carboxylic acids is 1. The second-order valence-electron chi connectivity index (χ2n) is 5.30. The molecule has 0 amide bonds. The molecule has 1 aliphatic carbocycles. The average molecular weight is 310 g/mol. The van der Waals surface area contributed by atoms with Crippen LogP contribution < -0.4 is 0 Å². The molecule has 3 atom stereocenters. The Labute approximate surface area is 115 Å². The van der Waals surface area contributed by atoms with E-state index in [0.29, 0.717) is 0 Å². The molecule has 1 saturated carbocycles. The number of benzene rings is 1. The quantitative estimate of drug-likeness (QED) is 0.933. The van der Waals surface area contributed by atoms with Gasteiger partial charge in [0.25, 0.3) is 0 Å². The summed E-state index contributed by atoms with van der Waals surface area (Å²) in [6, 6.07) is 7.12. The molecule has 0 bridgehead atoms. The summed E-state index contributed by atoms with van der Waals surface area (Å²) in [5, 5.41) is 9.54. The molecule has 3 unspecified atom stereocenters. The number of halogens is 1. The summed E-state index contributed by atoms with van der Waals surface area (Å²) in [6.07, 6.45) is 2.44. The third-order valence-electron chi connectivity index (χ3n) is 4.12. The molecule has 4 heteroatoms. The lowest BCUT2D eigenvalue weighted by atomic mass is 10.0. The third kappa shape index (κ3) is 2.19. The summed E-state index contributed by atoms with van der Waals surface area (Å²) in [5.41, 5.74) is 0.865. The molecule has 0 aromatic heterocycles. The number of fused-ring (bicyclic) bond motifs is 1. The number of likely N-dealkylation sites (tertiary alicyclic amines) is 1. The maximum absolute atomic E-state index is 11.6. The minimum atomic E-state index is -0.749. The van der Waals surface area contributed by atoms with Gasteiger partial charge >= 0.3 is 5.97 Å². The molecule has 1 N–H and O–H groups in total. The molecule has 2 fully saturated rings. The zero-order valence-corrected chi connectivity index (χ0v) is 11.6. The molecule has 1 aliphatic heterocycles. The Hall–Kier alpha value is -0.870. The van der Waals surface area contributed by atoms with Gasteiger partial charge in [0.2, 0.25) is 0 Å². The molecule has 96 valence electrons. The maximum Gasteiger partial charge on any atom is 0.325 e. The van der Waals surface area contributed by atoms with Crippen molar-refractivity contribution in [1.82, 2.24) is 4.90 Å². The summed E-state index contributed by atoms with van der Waals surface area (Å²) in [6.45, 7) is 1.84. The van der Waals surface area contributed by atoms with Gasteiger partial charge in [0.1, 0.15) is 6.04 Å². The van der Waals surface area contributed by atoms with Crippen molar-refractivity contribution >= 4 is 21.9 Å². The molecule has 2 aliphatic rings. The van der Waals surface area contributed by atoms with E-state index in [1.807, 2.05) is 24.3 Å². The minimum Gasteiger partial charge on any atom is -0.480 e. The minimum absolute atomic E-state index is 0.512. The summed E-state index contributed by atoms with van der Waals surface area (Å²) in [5.74, 6) is 0.860. The highest BCUT2D eigenvalue weighted by molar-refractivity contribution is 9.10. The molecule has 0 radical (unpaired) electrons. The molecule has 1 aromatic carbocycles. The van der Waals surface area contributed by atoms with Crippen LogP contribution in [0, 0.1) is 11.8 Å². The van der Waals surface area contributed by atoms with Gasteiger partial charge in [-0.15, -0.1) is 0 Å². The summed E-state index contributed by atoms with van der Waals surface area (Å²) in [4.78, 5) is 13.7. The highest BCUT2D eigenvalue weighted by Crippen LogP contribution is 2.46. The van der Waals surface area contributed by atoms with Crippen molar-refractivity contribution in [2.24, 2.45) is 11.8 Å². The number of carboxylic acid groups (broad SMARTS) is 1. The second kappa shape index (κ2) is 4.67. The molecule has 1 heterocycles. The molecular formula is C14H16BrNO2. The largest absolute Gasteiger partial charge is 0.480 e. The van der Waals surface area contributed by atoms with E-state index in [9.17, 15) is 9.90 Å². The molecule has 3 nitrogen and oxygen atoms in total. The molecule has 18 heavy (non-hydrogen) atoms. The fourth-order valence-corrected chi connectivity index (χ4v) is 3.53. The monoisotopic (exact) mass is 309 g/mol. The number of carbonyl (C=O) groups is 1. The lowest BCUT2D eigenvalue weighted by Crippen LogP contribution is -2.39. The molecule has 3 rings (SSSR count). The van der Waals surface area contributed by atoms with Crippen molar-refractivity contribution in [3.8, 4) is 0 Å². The normalized spacial score (nSPS) is 28.5. The van der Waals surface area contributed by atoms with Crippen molar-refractivity contribution < 1.29 is 9.90 Å². The highest BCUT2D eigenvalue weighted by Gasteiger charge is 2.44. The fraction of sp³-hybridized carbons (Fsp3) is 0.500. The van der Waals surface area contributed by atoms with E-state index in [4.69, 9.17) is 0 Å². The van der Waals surface area contributed by atoms with Crippen LogP contribution in [0.1, 0.15) is 24.4 Å². The second-order valence-corrected chi connectivity index (χ2v) is 6.16. The van der Waals surface area contributed by atoms with Crippen LogP contribution in [0.25, 0.3) is 0 Å². The van der Waals surface area contributed by atoms with Crippen LogP contribution in [0.4, 0.5) is 0 Å². The first kappa shape index (κ1) is 12.2. The van der Waals surface area contributed by atoms with Crippen molar-refractivity contribution in [2.75, 3.05) is 13.1 Å². The number of carboxylic acids is 1. The standard InChI is InChI=1S/C14H16BrNO2/c15-12-4-2-1-3-11(12)13(14(17)18)16-6-5-9-7-10(9)8-16/h1-4,9-10,13H,5-8H2,(H,17,18). The topological polar surface area (TPSA) is 40.5 Å². The average Bonchev–Trinajstić information content (AvgIpc) is 3.10. The van der Waals surface area contributed by atoms with E-state index in [-0.39, 0.29) is 0 Å². The van der Waals surface area contributed by atoms with E-state index >= 15 is 0 Å². The van der Waals surface area contributed by atoms with Crippen LogP contribution in [-0.4, -0.2) is 29.1 Å². The Bertz CT molecular complexity index is 477. The molecule has 1 saturated heterocycles. The first-order valence-electron chi connectivity index (χ1n) is 6.38. The van der Waals surface area contributed by atoms with Crippen molar-refractivity contribution in [3.05, 3.63) is 34.3 Å².